The summed E-state index contributed by atoms with van der Waals surface area (Å²) in [7, 11) is 0. The minimum Gasteiger partial charge on any atom is -0.478 e. The Morgan fingerprint density at radius 3 is 2.40 bits per heavy atom. The Bertz CT molecular complexity index is 1650. The van der Waals surface area contributed by atoms with Crippen LogP contribution < -0.4 is 10.6 Å². The summed E-state index contributed by atoms with van der Waals surface area (Å²) in [5.41, 5.74) is 3.43. The molecule has 0 aliphatic carbocycles. The van der Waals surface area contributed by atoms with E-state index in [2.05, 4.69) is 15.6 Å². The van der Waals surface area contributed by atoms with Crippen molar-refractivity contribution in [1.82, 2.24) is 15.2 Å². The SMILES string of the molecule is Cc1ccc(C)c(NC(=O)CCN2C(=S)N[C@H](c3ccccn3)[C@H]2c2ccc(-c3cc(C(=O)O)cc(C(=O)O)c3)o2)c1. The summed E-state index contributed by atoms with van der Waals surface area (Å²) in [6.07, 6.45) is 1.83. The number of rotatable bonds is 9. The van der Waals surface area contributed by atoms with Gasteiger partial charge in [0, 0.05) is 30.4 Å². The van der Waals surface area contributed by atoms with Crippen molar-refractivity contribution < 1.29 is 29.0 Å². The number of pyridine rings is 1. The monoisotopic (exact) mass is 584 g/mol. The smallest absolute Gasteiger partial charge is 0.335 e. The van der Waals surface area contributed by atoms with Gasteiger partial charge in [0.1, 0.15) is 17.6 Å². The number of nitrogens with zero attached hydrogens (tertiary/aromatic N) is 2. The van der Waals surface area contributed by atoms with E-state index in [0.717, 1.165) is 22.9 Å². The Morgan fingerprint density at radius 1 is 1.00 bits per heavy atom. The molecule has 0 bridgehead atoms. The highest BCUT2D eigenvalue weighted by Crippen LogP contribution is 2.40. The number of hydrogen-bond donors (Lipinski definition) is 4. The first-order valence-electron chi connectivity index (χ1n) is 13.2. The van der Waals surface area contributed by atoms with Gasteiger partial charge in [-0.1, -0.05) is 18.2 Å². The van der Waals surface area contributed by atoms with E-state index >= 15 is 0 Å². The van der Waals surface area contributed by atoms with E-state index in [4.69, 9.17) is 16.6 Å². The molecule has 2 atom stereocenters. The number of furan rings is 1. The molecular formula is C31H28N4O6S. The van der Waals surface area contributed by atoms with Crippen molar-refractivity contribution in [2.24, 2.45) is 0 Å². The summed E-state index contributed by atoms with van der Waals surface area (Å²) < 4.78 is 6.23. The van der Waals surface area contributed by atoms with Crippen LogP contribution in [0.5, 0.6) is 0 Å². The summed E-state index contributed by atoms with van der Waals surface area (Å²) in [6.45, 7) is 4.18. The quantitative estimate of drug-likeness (QED) is 0.190. The predicted octanol–water partition coefficient (Wildman–Crippen LogP) is 5.36. The molecule has 4 N–H and O–H groups in total. The number of carbonyl (C=O) groups is 3. The van der Waals surface area contributed by atoms with Crippen LogP contribution in [0.4, 0.5) is 5.69 Å². The Balaban J connectivity index is 1.45. The summed E-state index contributed by atoms with van der Waals surface area (Å²) in [6, 6.07) is 17.7. The van der Waals surface area contributed by atoms with Crippen LogP contribution in [0.2, 0.25) is 0 Å². The van der Waals surface area contributed by atoms with E-state index in [1.807, 2.05) is 55.1 Å². The number of carboxylic acid groups (broad SMARTS) is 2. The van der Waals surface area contributed by atoms with Gasteiger partial charge < -0.3 is 30.2 Å². The second kappa shape index (κ2) is 11.8. The molecule has 3 heterocycles. The van der Waals surface area contributed by atoms with Crippen molar-refractivity contribution >= 4 is 40.9 Å². The minimum atomic E-state index is -1.25. The Labute approximate surface area is 247 Å². The number of aromatic nitrogens is 1. The van der Waals surface area contributed by atoms with Gasteiger partial charge in [-0.15, -0.1) is 0 Å². The van der Waals surface area contributed by atoms with Crippen molar-refractivity contribution in [3.05, 3.63) is 107 Å². The van der Waals surface area contributed by atoms with E-state index in [1.165, 1.54) is 12.1 Å². The normalized spacial score (nSPS) is 16.2. The largest absolute Gasteiger partial charge is 0.478 e. The van der Waals surface area contributed by atoms with Crippen molar-refractivity contribution in [1.29, 1.82) is 0 Å². The van der Waals surface area contributed by atoms with Crippen LogP contribution in [0.3, 0.4) is 0 Å². The molecule has 2 aromatic carbocycles. The lowest BCUT2D eigenvalue weighted by Gasteiger charge is -2.26. The van der Waals surface area contributed by atoms with Gasteiger partial charge in [-0.2, -0.15) is 0 Å². The van der Waals surface area contributed by atoms with Crippen LogP contribution >= 0.6 is 12.2 Å². The topological polar surface area (TPSA) is 145 Å². The van der Waals surface area contributed by atoms with Crippen molar-refractivity contribution in [3.63, 3.8) is 0 Å². The fourth-order valence-corrected chi connectivity index (χ4v) is 5.28. The van der Waals surface area contributed by atoms with Crippen LogP contribution in [-0.2, 0) is 4.79 Å². The second-order valence-electron chi connectivity index (χ2n) is 10.0. The van der Waals surface area contributed by atoms with E-state index in [9.17, 15) is 24.6 Å². The van der Waals surface area contributed by atoms with Crippen LogP contribution in [0, 0.1) is 13.8 Å². The lowest BCUT2D eigenvalue weighted by molar-refractivity contribution is -0.116. The lowest BCUT2D eigenvalue weighted by atomic mass is 10.0. The lowest BCUT2D eigenvalue weighted by Crippen LogP contribution is -2.32. The Morgan fingerprint density at radius 2 is 1.74 bits per heavy atom. The van der Waals surface area contributed by atoms with E-state index in [-0.39, 0.29) is 30.0 Å². The number of benzene rings is 2. The number of aryl methyl sites for hydroxylation is 2. The highest BCUT2D eigenvalue weighted by molar-refractivity contribution is 7.80. The summed E-state index contributed by atoms with van der Waals surface area (Å²) >= 11 is 5.69. The standard InChI is InChI=1S/C31H28N4O6S/c1-17-6-7-18(2)23(13-17)33-26(36)10-12-35-28(27(34-31(35)42)22-5-3-4-11-32-22)25-9-8-24(41-25)19-14-20(29(37)38)16-21(15-19)30(39)40/h3-9,11,13-16,27-28H,10,12H2,1-2H3,(H,33,36)(H,34,42)(H,37,38)(H,39,40)/t27-,28-/m1/s1. The molecule has 0 radical (unpaired) electrons. The maximum Gasteiger partial charge on any atom is 0.335 e. The highest BCUT2D eigenvalue weighted by Gasteiger charge is 2.41. The number of aromatic carboxylic acids is 2. The Kier molecular flexibility index (Phi) is 8.03. The van der Waals surface area contributed by atoms with Gasteiger partial charge in [0.15, 0.2) is 5.11 Å². The van der Waals surface area contributed by atoms with Gasteiger partial charge in [-0.25, -0.2) is 9.59 Å². The molecule has 1 amide bonds. The summed E-state index contributed by atoms with van der Waals surface area (Å²) in [5.74, 6) is -1.89. The molecule has 4 aromatic rings. The van der Waals surface area contributed by atoms with E-state index in [1.54, 1.807) is 18.3 Å². The van der Waals surface area contributed by atoms with Gasteiger partial charge in [0.25, 0.3) is 0 Å². The highest BCUT2D eigenvalue weighted by atomic mass is 32.1. The van der Waals surface area contributed by atoms with Crippen LogP contribution in [0.1, 0.15) is 61.8 Å². The van der Waals surface area contributed by atoms with E-state index in [0.29, 0.717) is 27.9 Å². The molecule has 42 heavy (non-hydrogen) atoms. The molecule has 5 rings (SSSR count). The van der Waals surface area contributed by atoms with Gasteiger partial charge in [-0.05, 0) is 85.7 Å². The molecule has 1 aliphatic heterocycles. The number of hydrogen-bond acceptors (Lipinski definition) is 6. The molecule has 0 spiro atoms. The number of carboxylic acids is 2. The maximum absolute atomic E-state index is 13.0. The fourth-order valence-electron chi connectivity index (χ4n) is 4.94. The second-order valence-corrected chi connectivity index (χ2v) is 10.4. The first-order chi connectivity index (χ1) is 20.1. The molecule has 2 aromatic heterocycles. The summed E-state index contributed by atoms with van der Waals surface area (Å²) in [4.78, 5) is 42.6. The van der Waals surface area contributed by atoms with Crippen molar-refractivity contribution in [2.75, 3.05) is 11.9 Å². The third-order valence-electron chi connectivity index (χ3n) is 7.07. The molecule has 1 saturated heterocycles. The molecule has 0 unspecified atom stereocenters. The average Bonchev–Trinajstić information content (AvgIpc) is 3.58. The molecule has 214 valence electrons. The number of amides is 1. The van der Waals surface area contributed by atoms with Gasteiger partial charge in [-0.3, -0.25) is 9.78 Å². The number of thiocarbonyl (C=S) groups is 1. The van der Waals surface area contributed by atoms with Crippen LogP contribution in [0.25, 0.3) is 11.3 Å². The Hall–Kier alpha value is -5.03. The van der Waals surface area contributed by atoms with Gasteiger partial charge in [0.2, 0.25) is 5.91 Å². The molecular weight excluding hydrogens is 556 g/mol. The zero-order valence-electron chi connectivity index (χ0n) is 22.8. The van der Waals surface area contributed by atoms with E-state index < -0.39 is 24.0 Å². The third kappa shape index (κ3) is 6.01. The van der Waals surface area contributed by atoms with Gasteiger partial charge >= 0.3 is 11.9 Å². The van der Waals surface area contributed by atoms with Gasteiger partial charge in [0.05, 0.1) is 22.9 Å². The van der Waals surface area contributed by atoms with Crippen molar-refractivity contribution in [2.45, 2.75) is 32.4 Å². The number of nitrogens with one attached hydrogen (secondary N) is 2. The third-order valence-corrected chi connectivity index (χ3v) is 7.43. The molecule has 0 saturated carbocycles. The molecule has 10 nitrogen and oxygen atoms in total. The maximum atomic E-state index is 13.0. The number of anilines is 1. The van der Waals surface area contributed by atoms with Crippen LogP contribution in [-0.4, -0.2) is 49.6 Å². The predicted molar refractivity (Wildman–Crippen MR) is 159 cm³/mol. The average molecular weight is 585 g/mol. The number of carbonyl (C=O) groups excluding carboxylic acids is 1. The van der Waals surface area contributed by atoms with Crippen LogP contribution in [0.15, 0.2) is 77.3 Å². The zero-order chi connectivity index (χ0) is 30.0. The molecule has 11 heteroatoms. The first-order valence-corrected chi connectivity index (χ1v) is 13.6. The minimum absolute atomic E-state index is 0.150. The zero-order valence-corrected chi connectivity index (χ0v) is 23.6. The molecule has 1 fully saturated rings. The summed E-state index contributed by atoms with van der Waals surface area (Å²) in [5, 5.41) is 25.7. The first kappa shape index (κ1) is 28.5. The molecule has 1 aliphatic rings. The van der Waals surface area contributed by atoms with Crippen molar-refractivity contribution in [3.8, 4) is 11.3 Å². The fraction of sp³-hybridized carbons (Fsp3) is 0.194.